The van der Waals surface area contributed by atoms with Crippen LogP contribution >= 0.6 is 20.2 Å². The predicted molar refractivity (Wildman–Crippen MR) is 83.0 cm³/mol. The molecule has 0 aliphatic heterocycles. The van der Waals surface area contributed by atoms with Gasteiger partial charge < -0.3 is 13.4 Å². The average Bonchev–Trinajstić information content (AvgIpc) is 2.32. The second-order valence-corrected chi connectivity index (χ2v) is 6.16. The van der Waals surface area contributed by atoms with Crippen LogP contribution in [0.3, 0.4) is 0 Å². The van der Waals surface area contributed by atoms with Crippen molar-refractivity contribution in [3.63, 3.8) is 0 Å². The molecular weight excluding hydrogens is 282 g/mol. The van der Waals surface area contributed by atoms with E-state index < -0.39 is 0 Å². The van der Waals surface area contributed by atoms with E-state index in [1.54, 1.807) is 6.07 Å². The van der Waals surface area contributed by atoms with Crippen LogP contribution in [0.25, 0.3) is 0 Å². The molecule has 0 radical (unpaired) electrons. The van der Waals surface area contributed by atoms with Crippen LogP contribution in [0.15, 0.2) is 36.4 Å². The van der Waals surface area contributed by atoms with E-state index in [4.69, 9.17) is 11.6 Å². The molecule has 0 amide bonds. The molecule has 0 heterocycles. The summed E-state index contributed by atoms with van der Waals surface area (Å²) in [6.45, 7) is 5.99. The molecule has 0 aromatic heterocycles. The first-order valence-corrected chi connectivity index (χ1v) is 7.34. The molecule has 0 spiro atoms. The van der Waals surface area contributed by atoms with E-state index in [1.807, 2.05) is 45.0 Å². The summed E-state index contributed by atoms with van der Waals surface area (Å²) >= 11 is 6.13. The Kier molecular flexibility index (Phi) is 6.50. The van der Waals surface area contributed by atoms with Crippen LogP contribution in [0.1, 0.15) is 27.0 Å². The molecule has 0 atom stereocenters. The Morgan fingerprint density at radius 3 is 2.35 bits per heavy atom. The molecule has 98 valence electrons. The molecule has 1 nitrogen and oxygen atoms in total. The molecule has 0 saturated heterocycles. The van der Waals surface area contributed by atoms with Gasteiger partial charge in [-0.15, -0.1) is 0 Å². The summed E-state index contributed by atoms with van der Waals surface area (Å²) in [7, 11) is 0.679. The molecule has 20 heavy (non-hydrogen) atoms. The second kappa shape index (κ2) is 7.44. The molecule has 0 unspecified atom stereocenters. The summed E-state index contributed by atoms with van der Waals surface area (Å²) in [6.07, 6.45) is 0. The third-order valence-corrected chi connectivity index (χ3v) is 4.49. The van der Waals surface area contributed by atoms with Crippen LogP contribution in [-0.4, -0.2) is 5.52 Å². The van der Waals surface area contributed by atoms with Gasteiger partial charge in [0.2, 0.25) is 0 Å². The number of benzene rings is 2. The molecular formula is C16H15ClLiOP. The van der Waals surface area contributed by atoms with E-state index in [9.17, 15) is 4.79 Å². The van der Waals surface area contributed by atoms with Gasteiger partial charge in [0, 0.05) is 16.1 Å². The van der Waals surface area contributed by atoms with Gasteiger partial charge in [-0.1, -0.05) is 53.1 Å². The average molecular weight is 297 g/mol. The number of hydrogen-bond donors (Lipinski definition) is 0. The van der Waals surface area contributed by atoms with Crippen molar-refractivity contribution in [1.82, 2.24) is 0 Å². The Morgan fingerprint density at radius 2 is 1.75 bits per heavy atom. The molecule has 0 aliphatic rings. The fourth-order valence-corrected chi connectivity index (χ4v) is 3.39. The number of carbonyl (C=O) groups is 1. The number of aryl methyl sites for hydroxylation is 3. The summed E-state index contributed by atoms with van der Waals surface area (Å²) < 4.78 is 0. The minimum atomic E-state index is 0. The minimum absolute atomic E-state index is 0. The van der Waals surface area contributed by atoms with E-state index in [0.717, 1.165) is 16.4 Å². The third-order valence-electron chi connectivity index (χ3n) is 3.01. The zero-order valence-corrected chi connectivity index (χ0v) is 13.8. The molecule has 0 fully saturated rings. The number of carbonyl (C=O) groups excluding carboxylic acids is 1. The Bertz CT molecular complexity index is 620. The van der Waals surface area contributed by atoms with Gasteiger partial charge in [-0.25, -0.2) is 0 Å². The molecule has 4 heteroatoms. The van der Waals surface area contributed by atoms with E-state index in [1.165, 1.54) is 5.56 Å². The fraction of sp³-hybridized carbons (Fsp3) is 0.188. The first-order chi connectivity index (χ1) is 8.99. The van der Waals surface area contributed by atoms with Gasteiger partial charge in [0.15, 0.2) is 0 Å². The number of hydrogen-bond acceptors (Lipinski definition) is 1. The Labute approximate surface area is 139 Å². The number of halogens is 1. The molecule has 0 saturated carbocycles. The van der Waals surface area contributed by atoms with Crippen LogP contribution in [0, 0.1) is 20.8 Å². The number of rotatable bonds is 3. The fourth-order valence-electron chi connectivity index (χ4n) is 2.00. The van der Waals surface area contributed by atoms with E-state index >= 15 is 0 Å². The van der Waals surface area contributed by atoms with E-state index in [0.29, 0.717) is 19.2 Å². The van der Waals surface area contributed by atoms with Gasteiger partial charge in [0.1, 0.15) is 0 Å². The summed E-state index contributed by atoms with van der Waals surface area (Å²) in [4.78, 5) is 12.4. The van der Waals surface area contributed by atoms with Crippen molar-refractivity contribution in [3.05, 3.63) is 63.7 Å². The van der Waals surface area contributed by atoms with Crippen LogP contribution in [0.2, 0.25) is 5.02 Å². The van der Waals surface area contributed by atoms with Crippen molar-refractivity contribution < 1.29 is 23.7 Å². The quantitative estimate of drug-likeness (QED) is 0.622. The largest absolute Gasteiger partial charge is 1.00 e. The van der Waals surface area contributed by atoms with Crippen molar-refractivity contribution in [3.8, 4) is 0 Å². The zero-order valence-electron chi connectivity index (χ0n) is 12.2. The van der Waals surface area contributed by atoms with E-state index in [2.05, 4.69) is 6.07 Å². The zero-order chi connectivity index (χ0) is 14.0. The van der Waals surface area contributed by atoms with Crippen LogP contribution in [0.4, 0.5) is 0 Å². The van der Waals surface area contributed by atoms with Crippen LogP contribution in [-0.2, 0) is 0 Å². The monoisotopic (exact) mass is 296 g/mol. The normalized spacial score (nSPS) is 10.6. The Balaban J connectivity index is 0.00000200. The third kappa shape index (κ3) is 3.97. The Hall–Kier alpha value is -0.573. The van der Waals surface area contributed by atoms with Gasteiger partial charge >= 0.3 is 18.9 Å². The molecule has 0 aliphatic carbocycles. The molecule has 2 aromatic rings. The molecule has 2 rings (SSSR count). The topological polar surface area (TPSA) is 17.1 Å². The van der Waals surface area contributed by atoms with Crippen LogP contribution < -0.4 is 24.2 Å². The van der Waals surface area contributed by atoms with Gasteiger partial charge in [0.05, 0.1) is 0 Å². The maximum absolute atomic E-state index is 12.4. The summed E-state index contributed by atoms with van der Waals surface area (Å²) in [5.74, 6) is 0. The minimum Gasteiger partial charge on any atom is -0.426 e. The first kappa shape index (κ1) is 17.5. The smallest absolute Gasteiger partial charge is 0.426 e. The second-order valence-electron chi connectivity index (χ2n) is 4.64. The SMILES string of the molecule is Cc1ccc([P-]C(=O)c2c(C)cccc2Cl)c(C)c1.[Li+]. The van der Waals surface area contributed by atoms with Crippen molar-refractivity contribution in [1.29, 1.82) is 0 Å². The van der Waals surface area contributed by atoms with Gasteiger partial charge in [-0.2, -0.15) is 5.30 Å². The van der Waals surface area contributed by atoms with Gasteiger partial charge in [-0.3, -0.25) is 0 Å². The van der Waals surface area contributed by atoms with Crippen LogP contribution in [0.5, 0.6) is 0 Å². The Morgan fingerprint density at radius 1 is 1.05 bits per heavy atom. The van der Waals surface area contributed by atoms with Crippen molar-refractivity contribution >= 4 is 31.0 Å². The summed E-state index contributed by atoms with van der Waals surface area (Å²) in [5.41, 5.74) is 3.95. The van der Waals surface area contributed by atoms with Crippen molar-refractivity contribution in [2.24, 2.45) is 0 Å². The molecule has 0 bridgehead atoms. The van der Waals surface area contributed by atoms with Gasteiger partial charge in [0.25, 0.3) is 0 Å². The summed E-state index contributed by atoms with van der Waals surface area (Å²) in [6, 6.07) is 11.7. The van der Waals surface area contributed by atoms with Gasteiger partial charge in [-0.05, 0) is 32.4 Å². The molecule has 0 N–H and O–H groups in total. The first-order valence-electron chi connectivity index (χ1n) is 6.07. The van der Waals surface area contributed by atoms with E-state index in [-0.39, 0.29) is 24.4 Å². The maximum Gasteiger partial charge on any atom is 1.00 e. The maximum atomic E-state index is 12.4. The standard InChI is InChI=1S/C16H15ClOP.Li/c1-10-7-8-14(12(3)9-10)19-16(18)15-11(2)5-4-6-13(15)17;/h4-9H,1-3H3;/q-1;+1. The predicted octanol–water partition coefficient (Wildman–Crippen LogP) is 1.68. The summed E-state index contributed by atoms with van der Waals surface area (Å²) in [5, 5.41) is 1.57. The van der Waals surface area contributed by atoms with Crippen molar-refractivity contribution in [2.75, 3.05) is 0 Å². The molecule has 2 aromatic carbocycles. The van der Waals surface area contributed by atoms with Crippen molar-refractivity contribution in [2.45, 2.75) is 20.8 Å².